The van der Waals surface area contributed by atoms with Gasteiger partial charge in [0, 0.05) is 36.8 Å². The van der Waals surface area contributed by atoms with Crippen LogP contribution in [-0.4, -0.2) is 50.0 Å². The van der Waals surface area contributed by atoms with Crippen molar-refractivity contribution in [2.75, 3.05) is 25.4 Å². The van der Waals surface area contributed by atoms with Crippen molar-refractivity contribution < 1.29 is 13.2 Å². The lowest BCUT2D eigenvalue weighted by Crippen LogP contribution is -2.23. The third kappa shape index (κ3) is 4.73. The lowest BCUT2D eigenvalue weighted by Gasteiger charge is -2.16. The van der Waals surface area contributed by atoms with Crippen LogP contribution in [0.2, 0.25) is 0 Å². The first-order valence-corrected chi connectivity index (χ1v) is 12.6. The molecule has 3 heterocycles. The molecule has 0 unspecified atom stereocenters. The van der Waals surface area contributed by atoms with Gasteiger partial charge in [-0.15, -0.1) is 10.2 Å². The van der Waals surface area contributed by atoms with Crippen LogP contribution >= 0.6 is 11.8 Å². The van der Waals surface area contributed by atoms with Crippen LogP contribution in [-0.2, 0) is 13.2 Å². The van der Waals surface area contributed by atoms with Gasteiger partial charge in [0.15, 0.2) is 11.0 Å². The number of likely N-dealkylation sites (tertiary alicyclic amines) is 1. The van der Waals surface area contributed by atoms with Crippen LogP contribution in [0.5, 0.6) is 0 Å². The molecule has 3 aromatic rings. The topological polar surface area (TPSA) is 46.8 Å². The molecule has 180 valence electrons. The number of hydrogen-bond acceptors (Lipinski definition) is 5. The highest BCUT2D eigenvalue weighted by Gasteiger charge is 2.57. The highest BCUT2D eigenvalue weighted by molar-refractivity contribution is 7.99. The SMILES string of the molecule is Cc1ccc(-c2nnc(SCCCN3CC[C@]4(C[C@@H]4c4ccc(C(F)(F)F)cc4)C3)n2C)cn1. The quantitative estimate of drug-likeness (QED) is 0.322. The number of benzene rings is 1. The van der Waals surface area contributed by atoms with E-state index in [1.165, 1.54) is 12.1 Å². The Kier molecular flexibility index (Phi) is 6.18. The van der Waals surface area contributed by atoms with Crippen LogP contribution in [0.4, 0.5) is 13.2 Å². The Morgan fingerprint density at radius 3 is 2.62 bits per heavy atom. The van der Waals surface area contributed by atoms with Gasteiger partial charge in [-0.1, -0.05) is 23.9 Å². The average Bonchev–Trinajstić information content (AvgIpc) is 3.16. The zero-order valence-electron chi connectivity index (χ0n) is 19.3. The standard InChI is InChI=1S/C25H28F3N5S/c1-17-4-5-19(15-29-17)22-30-31-23(32(22)2)34-13-3-11-33-12-10-24(16-33)14-21(24)18-6-8-20(9-7-18)25(26,27)28/h4-9,15,21H,3,10-14,16H2,1-2H3/t21-,24+/m1/s1. The third-order valence-corrected chi connectivity index (χ3v) is 8.26. The van der Waals surface area contributed by atoms with E-state index in [0.29, 0.717) is 5.92 Å². The van der Waals surface area contributed by atoms with E-state index in [4.69, 9.17) is 0 Å². The summed E-state index contributed by atoms with van der Waals surface area (Å²) in [4.78, 5) is 6.85. The summed E-state index contributed by atoms with van der Waals surface area (Å²) in [7, 11) is 1.98. The predicted octanol–water partition coefficient (Wildman–Crippen LogP) is 5.57. The van der Waals surface area contributed by atoms with E-state index in [1.54, 1.807) is 23.9 Å². The Labute approximate surface area is 201 Å². The smallest absolute Gasteiger partial charge is 0.305 e. The highest BCUT2D eigenvalue weighted by Crippen LogP contribution is 2.64. The maximum absolute atomic E-state index is 12.8. The number of nitrogens with zero attached hydrogens (tertiary/aromatic N) is 5. The molecule has 1 aliphatic heterocycles. The second-order valence-corrected chi connectivity index (χ2v) is 10.6. The van der Waals surface area contributed by atoms with Crippen molar-refractivity contribution in [3.05, 3.63) is 59.4 Å². The lowest BCUT2D eigenvalue weighted by molar-refractivity contribution is -0.137. The Balaban J connectivity index is 1.09. The first-order valence-electron chi connectivity index (χ1n) is 11.6. The fourth-order valence-electron chi connectivity index (χ4n) is 5.09. The van der Waals surface area contributed by atoms with Gasteiger partial charge in [-0.05, 0) is 80.4 Å². The van der Waals surface area contributed by atoms with Gasteiger partial charge < -0.3 is 9.47 Å². The monoisotopic (exact) mass is 487 g/mol. The van der Waals surface area contributed by atoms with Crippen molar-refractivity contribution in [1.82, 2.24) is 24.6 Å². The molecule has 1 saturated heterocycles. The van der Waals surface area contributed by atoms with Crippen LogP contribution < -0.4 is 0 Å². The molecule has 2 fully saturated rings. The van der Waals surface area contributed by atoms with Crippen molar-refractivity contribution in [2.24, 2.45) is 12.5 Å². The second-order valence-electron chi connectivity index (χ2n) is 9.52. The van der Waals surface area contributed by atoms with E-state index >= 15 is 0 Å². The molecule has 34 heavy (non-hydrogen) atoms. The van der Waals surface area contributed by atoms with Crippen LogP contribution in [0.15, 0.2) is 47.8 Å². The van der Waals surface area contributed by atoms with Crippen LogP contribution in [0.3, 0.4) is 0 Å². The Bertz CT molecular complexity index is 1140. The zero-order valence-corrected chi connectivity index (χ0v) is 20.2. The lowest BCUT2D eigenvalue weighted by atomic mass is 9.97. The molecule has 0 radical (unpaired) electrons. The number of halogens is 3. The summed E-state index contributed by atoms with van der Waals surface area (Å²) >= 11 is 1.72. The van der Waals surface area contributed by atoms with Gasteiger partial charge >= 0.3 is 6.18 Å². The molecule has 2 aromatic heterocycles. The fraction of sp³-hybridized carbons (Fsp3) is 0.480. The van der Waals surface area contributed by atoms with E-state index in [2.05, 4.69) is 20.1 Å². The summed E-state index contributed by atoms with van der Waals surface area (Å²) < 4.78 is 40.5. The first kappa shape index (κ1) is 23.4. The number of aryl methyl sites for hydroxylation is 1. The molecule has 1 aromatic carbocycles. The van der Waals surface area contributed by atoms with Crippen molar-refractivity contribution >= 4 is 11.8 Å². The van der Waals surface area contributed by atoms with Crippen LogP contribution in [0, 0.1) is 12.3 Å². The van der Waals surface area contributed by atoms with Crippen molar-refractivity contribution in [1.29, 1.82) is 0 Å². The van der Waals surface area contributed by atoms with Gasteiger partial charge in [0.2, 0.25) is 0 Å². The minimum atomic E-state index is -4.27. The first-order chi connectivity index (χ1) is 16.2. The van der Waals surface area contributed by atoms with Gasteiger partial charge in [-0.3, -0.25) is 4.98 Å². The Hall–Kier alpha value is -2.39. The molecule has 0 N–H and O–H groups in total. The third-order valence-electron chi connectivity index (χ3n) is 7.15. The molecule has 5 nitrogen and oxygen atoms in total. The molecular formula is C25H28F3N5S. The Morgan fingerprint density at radius 1 is 1.12 bits per heavy atom. The maximum atomic E-state index is 12.8. The van der Waals surface area contributed by atoms with E-state index in [9.17, 15) is 13.2 Å². The average molecular weight is 488 g/mol. The second kappa shape index (κ2) is 9.00. The molecular weight excluding hydrogens is 459 g/mol. The van der Waals surface area contributed by atoms with E-state index in [-0.39, 0.29) is 5.41 Å². The molecule has 1 aliphatic carbocycles. The minimum Gasteiger partial charge on any atom is -0.305 e. The summed E-state index contributed by atoms with van der Waals surface area (Å²) in [5.74, 6) is 2.17. The molecule has 5 rings (SSSR count). The fourth-order valence-corrected chi connectivity index (χ4v) is 5.93. The number of hydrogen-bond donors (Lipinski definition) is 0. The molecule has 0 bridgehead atoms. The molecule has 9 heteroatoms. The molecule has 1 spiro atoms. The number of alkyl halides is 3. The molecule has 1 saturated carbocycles. The summed E-state index contributed by atoms with van der Waals surface area (Å²) in [5, 5.41) is 9.58. The highest BCUT2D eigenvalue weighted by atomic mass is 32.2. The van der Waals surface area contributed by atoms with Crippen LogP contribution in [0.1, 0.15) is 42.0 Å². The van der Waals surface area contributed by atoms with E-state index in [1.807, 2.05) is 36.9 Å². The van der Waals surface area contributed by atoms with Crippen molar-refractivity contribution in [3.63, 3.8) is 0 Å². The molecule has 0 amide bonds. The number of thioether (sulfide) groups is 1. The Morgan fingerprint density at radius 2 is 1.91 bits per heavy atom. The predicted molar refractivity (Wildman–Crippen MR) is 127 cm³/mol. The van der Waals surface area contributed by atoms with Crippen molar-refractivity contribution in [2.45, 2.75) is 43.4 Å². The number of pyridine rings is 1. The summed E-state index contributed by atoms with van der Waals surface area (Å²) in [5.41, 5.74) is 2.67. The number of aromatic nitrogens is 4. The van der Waals surface area contributed by atoms with Gasteiger partial charge in [-0.2, -0.15) is 13.2 Å². The minimum absolute atomic E-state index is 0.257. The van der Waals surface area contributed by atoms with E-state index < -0.39 is 11.7 Å². The van der Waals surface area contributed by atoms with Gasteiger partial charge in [0.1, 0.15) is 0 Å². The normalized spacial score (nSPS) is 22.6. The molecule has 2 aliphatic rings. The number of rotatable bonds is 7. The van der Waals surface area contributed by atoms with Gasteiger partial charge in [0.05, 0.1) is 5.56 Å². The summed E-state index contributed by atoms with van der Waals surface area (Å²) in [6.45, 7) is 5.09. The summed E-state index contributed by atoms with van der Waals surface area (Å²) in [6.07, 6.45) is 0.821. The summed E-state index contributed by atoms with van der Waals surface area (Å²) in [6, 6.07) is 9.77. The van der Waals surface area contributed by atoms with Gasteiger partial charge in [0.25, 0.3) is 0 Å². The van der Waals surface area contributed by atoms with Crippen LogP contribution in [0.25, 0.3) is 11.4 Å². The van der Waals surface area contributed by atoms with Gasteiger partial charge in [-0.25, -0.2) is 0 Å². The largest absolute Gasteiger partial charge is 0.416 e. The molecule has 2 atom stereocenters. The maximum Gasteiger partial charge on any atom is 0.416 e. The van der Waals surface area contributed by atoms with Crippen molar-refractivity contribution in [3.8, 4) is 11.4 Å². The zero-order chi connectivity index (χ0) is 23.9. The van der Waals surface area contributed by atoms with E-state index in [0.717, 1.165) is 72.5 Å².